The number of carbonyl (C=O) groups is 5. The average molecular weight is 297 g/mol. The predicted molar refractivity (Wildman–Crippen MR) is 72.7 cm³/mol. The molecule has 114 valence electrons. The van der Waals surface area contributed by atoms with Crippen LogP contribution in [-0.2, 0) is 14.4 Å². The van der Waals surface area contributed by atoms with Gasteiger partial charge in [0.05, 0.1) is 0 Å². The van der Waals surface area contributed by atoms with Crippen molar-refractivity contribution in [1.82, 2.24) is 15.5 Å². The van der Waals surface area contributed by atoms with Gasteiger partial charge in [0.25, 0.3) is 17.7 Å². The molecule has 0 aliphatic heterocycles. The largest absolute Gasteiger partial charge is 0.400 e. The Hall–Kier alpha value is -3.07. The van der Waals surface area contributed by atoms with Crippen molar-refractivity contribution in [2.45, 2.75) is 0 Å². The van der Waals surface area contributed by atoms with Crippen molar-refractivity contribution in [3.05, 3.63) is 38.0 Å². The van der Waals surface area contributed by atoms with Crippen molar-refractivity contribution >= 4 is 29.8 Å². The molecule has 0 rings (SSSR count). The highest BCUT2D eigenvalue weighted by molar-refractivity contribution is 6.19. The molecule has 0 aliphatic rings. The standard InChI is InChI=1S/C11H11N3O5.CH4O/c1-4-7(15)12-10(18)14(9(17)6-3)11(19)13-8(16)5-2;1-2/h4-6H,1-3H2,(H,12,15,18)(H,13,16,19);2H,1H3. The molecule has 0 aliphatic carbocycles. The molecular formula is C12H15N3O6. The fourth-order valence-corrected chi connectivity index (χ4v) is 0.808. The van der Waals surface area contributed by atoms with Gasteiger partial charge in [-0.05, 0) is 18.2 Å². The molecular weight excluding hydrogens is 282 g/mol. The Bertz CT molecular complexity index is 449. The van der Waals surface area contributed by atoms with E-state index in [1.807, 2.05) is 0 Å². The van der Waals surface area contributed by atoms with Crippen LogP contribution in [0, 0.1) is 0 Å². The maximum atomic E-state index is 11.5. The number of hydrogen-bond donors (Lipinski definition) is 3. The molecule has 9 heteroatoms. The van der Waals surface area contributed by atoms with Crippen LogP contribution in [0.15, 0.2) is 38.0 Å². The van der Waals surface area contributed by atoms with Crippen LogP contribution in [0.4, 0.5) is 9.59 Å². The summed E-state index contributed by atoms with van der Waals surface area (Å²) in [5.41, 5.74) is 0. The van der Waals surface area contributed by atoms with E-state index in [4.69, 9.17) is 5.11 Å². The molecule has 0 atom stereocenters. The number of rotatable bonds is 3. The highest BCUT2D eigenvalue weighted by atomic mass is 16.2. The van der Waals surface area contributed by atoms with E-state index in [1.165, 1.54) is 0 Å². The lowest BCUT2D eigenvalue weighted by Crippen LogP contribution is -2.53. The first-order chi connectivity index (χ1) is 9.87. The fourth-order valence-electron chi connectivity index (χ4n) is 0.808. The van der Waals surface area contributed by atoms with Gasteiger partial charge in [-0.1, -0.05) is 19.7 Å². The van der Waals surface area contributed by atoms with Crippen LogP contribution in [0.1, 0.15) is 0 Å². The molecule has 0 saturated carbocycles. The first kappa shape index (κ1) is 20.3. The topological polar surface area (TPSA) is 133 Å². The second-order valence-corrected chi connectivity index (χ2v) is 2.87. The molecule has 0 aromatic carbocycles. The van der Waals surface area contributed by atoms with Gasteiger partial charge in [0, 0.05) is 7.11 Å². The highest BCUT2D eigenvalue weighted by Crippen LogP contribution is 1.95. The van der Waals surface area contributed by atoms with Crippen LogP contribution < -0.4 is 10.6 Å². The lowest BCUT2D eigenvalue weighted by atomic mass is 10.5. The summed E-state index contributed by atoms with van der Waals surface area (Å²) in [5, 5.41) is 10.4. The summed E-state index contributed by atoms with van der Waals surface area (Å²) in [6, 6.07) is -2.69. The number of nitrogens with one attached hydrogen (secondary N) is 2. The lowest BCUT2D eigenvalue weighted by molar-refractivity contribution is -0.121. The van der Waals surface area contributed by atoms with Crippen molar-refractivity contribution in [2.24, 2.45) is 0 Å². The van der Waals surface area contributed by atoms with Crippen LogP contribution in [-0.4, -0.2) is 46.9 Å². The zero-order chi connectivity index (χ0) is 17.0. The van der Waals surface area contributed by atoms with Crippen LogP contribution in [0.5, 0.6) is 0 Å². The van der Waals surface area contributed by atoms with E-state index in [-0.39, 0.29) is 4.90 Å². The van der Waals surface area contributed by atoms with E-state index in [2.05, 4.69) is 19.7 Å². The van der Waals surface area contributed by atoms with Gasteiger partial charge in [-0.3, -0.25) is 25.0 Å². The van der Waals surface area contributed by atoms with Gasteiger partial charge in [-0.15, -0.1) is 0 Å². The van der Waals surface area contributed by atoms with Crippen LogP contribution in [0.3, 0.4) is 0 Å². The number of imide groups is 5. The first-order valence-corrected chi connectivity index (χ1v) is 5.23. The quantitative estimate of drug-likeness (QED) is 0.599. The molecule has 21 heavy (non-hydrogen) atoms. The maximum Gasteiger partial charge on any atom is 0.339 e. The molecule has 9 nitrogen and oxygen atoms in total. The normalized spacial score (nSPS) is 8.10. The van der Waals surface area contributed by atoms with Gasteiger partial charge < -0.3 is 5.11 Å². The number of amides is 7. The zero-order valence-corrected chi connectivity index (χ0v) is 11.3. The van der Waals surface area contributed by atoms with Gasteiger partial charge in [-0.2, -0.15) is 4.90 Å². The van der Waals surface area contributed by atoms with Crippen LogP contribution in [0.2, 0.25) is 0 Å². The molecule has 0 heterocycles. The van der Waals surface area contributed by atoms with E-state index in [0.29, 0.717) is 6.08 Å². The van der Waals surface area contributed by atoms with Gasteiger partial charge >= 0.3 is 12.1 Å². The Kier molecular flexibility index (Phi) is 10.4. The Balaban J connectivity index is 0. The molecule has 0 spiro atoms. The van der Waals surface area contributed by atoms with Gasteiger partial charge in [-0.25, -0.2) is 9.59 Å². The van der Waals surface area contributed by atoms with Gasteiger partial charge in [0.2, 0.25) is 0 Å². The number of aliphatic hydroxyl groups is 1. The number of carbonyl (C=O) groups excluding carboxylic acids is 5. The summed E-state index contributed by atoms with van der Waals surface area (Å²) in [4.78, 5) is 56.2. The summed E-state index contributed by atoms with van der Waals surface area (Å²) < 4.78 is 0. The van der Waals surface area contributed by atoms with Crippen molar-refractivity contribution in [3.63, 3.8) is 0 Å². The Morgan fingerprint density at radius 2 is 1.14 bits per heavy atom. The Morgan fingerprint density at radius 1 is 0.810 bits per heavy atom. The summed E-state index contributed by atoms with van der Waals surface area (Å²) in [6.07, 6.45) is 2.19. The highest BCUT2D eigenvalue weighted by Gasteiger charge is 2.28. The fraction of sp³-hybridized carbons (Fsp3) is 0.0833. The van der Waals surface area contributed by atoms with E-state index < -0.39 is 29.8 Å². The minimum absolute atomic E-state index is 0.00417. The van der Waals surface area contributed by atoms with E-state index >= 15 is 0 Å². The summed E-state index contributed by atoms with van der Waals surface area (Å²) >= 11 is 0. The number of aliphatic hydroxyl groups excluding tert-OH is 1. The molecule has 7 amide bonds. The summed E-state index contributed by atoms with van der Waals surface area (Å²) in [5.74, 6) is -2.96. The Labute approximate surface area is 120 Å². The van der Waals surface area contributed by atoms with Crippen LogP contribution in [0.25, 0.3) is 0 Å². The molecule has 0 aromatic rings. The molecule has 0 radical (unpaired) electrons. The van der Waals surface area contributed by atoms with Gasteiger partial charge in [0.15, 0.2) is 0 Å². The van der Waals surface area contributed by atoms with Gasteiger partial charge in [0.1, 0.15) is 0 Å². The summed E-state index contributed by atoms with van der Waals surface area (Å²) in [6.45, 7) is 9.26. The first-order valence-electron chi connectivity index (χ1n) is 5.23. The SMILES string of the molecule is C=CC(=O)NC(=O)N(C(=O)C=C)C(=O)NC(=O)C=C.CO. The van der Waals surface area contributed by atoms with Crippen molar-refractivity contribution < 1.29 is 29.1 Å². The third-order valence-electron chi connectivity index (χ3n) is 1.63. The predicted octanol–water partition coefficient (Wildman–Crippen LogP) is -0.546. The molecule has 0 saturated heterocycles. The second-order valence-electron chi connectivity index (χ2n) is 2.87. The molecule has 0 aromatic heterocycles. The number of urea groups is 2. The van der Waals surface area contributed by atoms with E-state index in [0.717, 1.165) is 19.3 Å². The minimum Gasteiger partial charge on any atom is -0.400 e. The summed E-state index contributed by atoms with van der Waals surface area (Å²) in [7, 11) is 1.00. The molecule has 0 fully saturated rings. The smallest absolute Gasteiger partial charge is 0.339 e. The third-order valence-corrected chi connectivity index (χ3v) is 1.63. The minimum atomic E-state index is -1.34. The molecule has 0 bridgehead atoms. The third kappa shape index (κ3) is 7.18. The number of hydrogen-bond acceptors (Lipinski definition) is 6. The zero-order valence-electron chi connectivity index (χ0n) is 11.3. The maximum absolute atomic E-state index is 11.5. The van der Waals surface area contributed by atoms with E-state index in [1.54, 1.807) is 10.6 Å². The molecule has 3 N–H and O–H groups in total. The monoisotopic (exact) mass is 297 g/mol. The Morgan fingerprint density at radius 3 is 1.38 bits per heavy atom. The average Bonchev–Trinajstić information content (AvgIpc) is 2.48. The van der Waals surface area contributed by atoms with Crippen LogP contribution >= 0.6 is 0 Å². The van der Waals surface area contributed by atoms with Crippen molar-refractivity contribution in [3.8, 4) is 0 Å². The van der Waals surface area contributed by atoms with Crippen molar-refractivity contribution in [1.29, 1.82) is 0 Å². The second kappa shape index (κ2) is 10.8. The molecule has 0 unspecified atom stereocenters. The lowest BCUT2D eigenvalue weighted by Gasteiger charge is -2.16. The number of nitrogens with zero attached hydrogens (tertiary/aromatic N) is 1. The van der Waals surface area contributed by atoms with E-state index in [9.17, 15) is 24.0 Å². The van der Waals surface area contributed by atoms with Crippen molar-refractivity contribution in [2.75, 3.05) is 7.11 Å².